The molecular formula is C15H26N2OS. The lowest BCUT2D eigenvalue weighted by Gasteiger charge is -2.29. The summed E-state index contributed by atoms with van der Waals surface area (Å²) in [7, 11) is 2.00. The second-order valence-corrected chi connectivity index (χ2v) is 7.79. The highest BCUT2D eigenvalue weighted by Crippen LogP contribution is 2.48. The van der Waals surface area contributed by atoms with Crippen molar-refractivity contribution in [3.63, 3.8) is 0 Å². The zero-order valence-electron chi connectivity index (χ0n) is 11.9. The van der Waals surface area contributed by atoms with E-state index in [0.717, 1.165) is 36.6 Å². The Labute approximate surface area is 120 Å². The van der Waals surface area contributed by atoms with Gasteiger partial charge in [0.2, 0.25) is 5.91 Å². The number of hydrogen-bond acceptors (Lipinski definition) is 3. The molecule has 3 fully saturated rings. The van der Waals surface area contributed by atoms with Crippen LogP contribution in [-0.2, 0) is 4.79 Å². The maximum Gasteiger partial charge on any atom is 0.223 e. The van der Waals surface area contributed by atoms with Crippen LogP contribution in [0.2, 0.25) is 0 Å². The number of nitrogens with zero attached hydrogens (tertiary/aromatic N) is 1. The third-order valence-corrected chi connectivity index (χ3v) is 6.37. The van der Waals surface area contributed by atoms with Crippen LogP contribution in [0.15, 0.2) is 0 Å². The van der Waals surface area contributed by atoms with Crippen molar-refractivity contribution in [1.82, 2.24) is 10.2 Å². The Morgan fingerprint density at radius 1 is 1.37 bits per heavy atom. The average molecular weight is 282 g/mol. The molecule has 2 aliphatic carbocycles. The first-order chi connectivity index (χ1) is 9.22. The lowest BCUT2D eigenvalue weighted by Crippen LogP contribution is -2.43. The van der Waals surface area contributed by atoms with Gasteiger partial charge < -0.3 is 10.2 Å². The highest BCUT2D eigenvalue weighted by Gasteiger charge is 2.40. The summed E-state index contributed by atoms with van der Waals surface area (Å²) >= 11 is 1.97. The molecule has 0 aromatic carbocycles. The fourth-order valence-electron chi connectivity index (χ4n) is 4.17. The quantitative estimate of drug-likeness (QED) is 0.856. The van der Waals surface area contributed by atoms with E-state index in [9.17, 15) is 4.79 Å². The molecule has 1 aliphatic heterocycles. The normalized spacial score (nSPS) is 37.5. The minimum atomic E-state index is 0.336. The topological polar surface area (TPSA) is 32.3 Å². The summed E-state index contributed by atoms with van der Waals surface area (Å²) < 4.78 is 0. The molecular weight excluding hydrogens is 256 g/mol. The van der Waals surface area contributed by atoms with Gasteiger partial charge in [-0.3, -0.25) is 4.79 Å². The van der Waals surface area contributed by atoms with E-state index in [2.05, 4.69) is 5.32 Å². The van der Waals surface area contributed by atoms with Crippen LogP contribution in [-0.4, -0.2) is 48.5 Å². The predicted octanol–water partition coefficient (Wildman–Crippen LogP) is 1.98. The van der Waals surface area contributed by atoms with E-state index in [-0.39, 0.29) is 0 Å². The largest absolute Gasteiger partial charge is 0.345 e. The average Bonchev–Trinajstić information content (AvgIpc) is 3.02. The maximum absolute atomic E-state index is 12.3. The van der Waals surface area contributed by atoms with Gasteiger partial charge in [0.1, 0.15) is 0 Å². The van der Waals surface area contributed by atoms with Gasteiger partial charge in [-0.15, -0.1) is 0 Å². The van der Waals surface area contributed by atoms with Gasteiger partial charge in [0.05, 0.1) is 0 Å². The van der Waals surface area contributed by atoms with Crippen molar-refractivity contribution >= 4 is 17.7 Å². The van der Waals surface area contributed by atoms with Gasteiger partial charge in [0.25, 0.3) is 0 Å². The number of hydrogen-bond donors (Lipinski definition) is 1. The third-order valence-electron chi connectivity index (χ3n) is 5.24. The lowest BCUT2D eigenvalue weighted by molar-refractivity contribution is -0.131. The van der Waals surface area contributed by atoms with Crippen LogP contribution in [0.25, 0.3) is 0 Å². The molecule has 0 aromatic rings. The Kier molecular flexibility index (Phi) is 4.37. The number of amides is 1. The summed E-state index contributed by atoms with van der Waals surface area (Å²) in [6.07, 6.45) is 6.36. The van der Waals surface area contributed by atoms with Gasteiger partial charge >= 0.3 is 0 Å². The zero-order chi connectivity index (χ0) is 13.2. The summed E-state index contributed by atoms with van der Waals surface area (Å²) in [6.45, 7) is 2.05. The molecule has 0 aromatic heterocycles. The van der Waals surface area contributed by atoms with E-state index in [0.29, 0.717) is 18.4 Å². The van der Waals surface area contributed by atoms with Crippen LogP contribution in [0.5, 0.6) is 0 Å². The molecule has 0 radical (unpaired) electrons. The first-order valence-electron chi connectivity index (χ1n) is 7.77. The molecule has 1 saturated heterocycles. The Morgan fingerprint density at radius 2 is 2.26 bits per heavy atom. The Bertz CT molecular complexity index is 330. The van der Waals surface area contributed by atoms with Crippen molar-refractivity contribution in [2.24, 2.45) is 17.8 Å². The first kappa shape index (κ1) is 13.7. The lowest BCUT2D eigenvalue weighted by atomic mass is 9.88. The fourth-order valence-corrected chi connectivity index (χ4v) is 5.12. The van der Waals surface area contributed by atoms with Crippen molar-refractivity contribution in [1.29, 1.82) is 0 Å². The van der Waals surface area contributed by atoms with E-state index in [1.54, 1.807) is 0 Å². The molecule has 4 heteroatoms. The van der Waals surface area contributed by atoms with Gasteiger partial charge in [-0.05, 0) is 37.0 Å². The van der Waals surface area contributed by atoms with Crippen molar-refractivity contribution in [2.45, 2.75) is 38.1 Å². The molecule has 1 N–H and O–H groups in total. The Hall–Kier alpha value is -0.220. The van der Waals surface area contributed by atoms with E-state index >= 15 is 0 Å². The SMILES string of the molecule is CN(CC1CC2CCC1C2)C(=O)CC1CSCCN1. The fraction of sp³-hybridized carbons (Fsp3) is 0.933. The summed E-state index contributed by atoms with van der Waals surface area (Å²) in [6, 6.07) is 0.397. The van der Waals surface area contributed by atoms with Gasteiger partial charge in [-0.25, -0.2) is 0 Å². The highest BCUT2D eigenvalue weighted by molar-refractivity contribution is 7.99. The number of carbonyl (C=O) groups is 1. The zero-order valence-corrected chi connectivity index (χ0v) is 12.8. The second-order valence-electron chi connectivity index (χ2n) is 6.64. The summed E-state index contributed by atoms with van der Waals surface area (Å²) in [5, 5.41) is 3.46. The standard InChI is InChI=1S/C15H26N2OS/c1-17(9-13-7-11-2-3-12(13)6-11)15(18)8-14-10-19-5-4-16-14/h11-14,16H,2-10H2,1H3. The second kappa shape index (κ2) is 6.04. The molecule has 4 unspecified atom stereocenters. The third kappa shape index (κ3) is 3.27. The minimum Gasteiger partial charge on any atom is -0.345 e. The van der Waals surface area contributed by atoms with Crippen molar-refractivity contribution in [3.05, 3.63) is 0 Å². The maximum atomic E-state index is 12.3. The first-order valence-corrected chi connectivity index (χ1v) is 8.93. The van der Waals surface area contributed by atoms with Gasteiger partial charge in [0, 0.05) is 44.1 Å². The van der Waals surface area contributed by atoms with Gasteiger partial charge in [-0.2, -0.15) is 11.8 Å². The number of thioether (sulfide) groups is 1. The summed E-state index contributed by atoms with van der Waals surface area (Å²) in [5.41, 5.74) is 0. The monoisotopic (exact) mass is 282 g/mol. The number of rotatable bonds is 4. The van der Waals surface area contributed by atoms with Crippen LogP contribution in [0.4, 0.5) is 0 Å². The van der Waals surface area contributed by atoms with E-state index in [1.807, 2.05) is 23.7 Å². The minimum absolute atomic E-state index is 0.336. The van der Waals surface area contributed by atoms with Gasteiger partial charge in [-0.1, -0.05) is 6.42 Å². The molecule has 1 amide bonds. The smallest absolute Gasteiger partial charge is 0.223 e. The molecule has 2 bridgehead atoms. The van der Waals surface area contributed by atoms with Crippen LogP contribution < -0.4 is 5.32 Å². The molecule has 3 nitrogen and oxygen atoms in total. The van der Waals surface area contributed by atoms with Crippen LogP contribution in [0.1, 0.15) is 32.1 Å². The van der Waals surface area contributed by atoms with Crippen molar-refractivity contribution in [3.8, 4) is 0 Å². The Morgan fingerprint density at radius 3 is 2.89 bits per heavy atom. The van der Waals surface area contributed by atoms with E-state index < -0.39 is 0 Å². The van der Waals surface area contributed by atoms with Crippen LogP contribution in [0, 0.1) is 17.8 Å². The Balaban J connectivity index is 1.44. The predicted molar refractivity (Wildman–Crippen MR) is 80.3 cm³/mol. The van der Waals surface area contributed by atoms with Crippen LogP contribution in [0.3, 0.4) is 0 Å². The molecule has 3 aliphatic rings. The molecule has 2 saturated carbocycles. The highest BCUT2D eigenvalue weighted by atomic mass is 32.2. The summed E-state index contributed by atoms with van der Waals surface area (Å²) in [4.78, 5) is 14.3. The number of carbonyl (C=O) groups excluding carboxylic acids is 1. The molecule has 19 heavy (non-hydrogen) atoms. The summed E-state index contributed by atoms with van der Waals surface area (Å²) in [5.74, 6) is 5.31. The van der Waals surface area contributed by atoms with Gasteiger partial charge in [0.15, 0.2) is 0 Å². The van der Waals surface area contributed by atoms with E-state index in [1.165, 1.54) is 31.4 Å². The molecule has 0 spiro atoms. The molecule has 108 valence electrons. The molecule has 1 heterocycles. The molecule has 4 atom stereocenters. The van der Waals surface area contributed by atoms with Crippen molar-refractivity contribution < 1.29 is 4.79 Å². The van der Waals surface area contributed by atoms with Crippen molar-refractivity contribution in [2.75, 3.05) is 31.6 Å². The molecule has 3 rings (SSSR count). The number of fused-ring (bicyclic) bond motifs is 2. The van der Waals surface area contributed by atoms with Crippen LogP contribution >= 0.6 is 11.8 Å². The number of nitrogens with one attached hydrogen (secondary N) is 1. The van der Waals surface area contributed by atoms with E-state index in [4.69, 9.17) is 0 Å².